The third-order valence-corrected chi connectivity index (χ3v) is 31.4. The van der Waals surface area contributed by atoms with Crippen LogP contribution in [0.5, 0.6) is 46.0 Å². The summed E-state index contributed by atoms with van der Waals surface area (Å²) >= 11 is 0. The molecule has 26 rings (SSSR count). The fraction of sp³-hybridized carbons (Fsp3) is 0.355. The number of methoxy groups -OCH3 is 6. The van der Waals surface area contributed by atoms with Gasteiger partial charge in [-0.25, -0.2) is 29.9 Å². The summed E-state index contributed by atoms with van der Waals surface area (Å²) in [4.78, 5) is 27.5. The van der Waals surface area contributed by atoms with Crippen LogP contribution in [0.3, 0.4) is 0 Å². The Morgan fingerprint density at radius 3 is 1.07 bits per heavy atom. The average molecular weight is 2020 g/mol. The van der Waals surface area contributed by atoms with Gasteiger partial charge in [-0.2, -0.15) is 0 Å². The van der Waals surface area contributed by atoms with Gasteiger partial charge in [-0.15, -0.1) is 0 Å². The molecule has 0 bridgehead atoms. The van der Waals surface area contributed by atoms with Crippen LogP contribution in [0.25, 0.3) is 66.2 Å². The molecule has 0 spiro atoms. The van der Waals surface area contributed by atoms with E-state index in [0.717, 1.165) is 254 Å². The molecular weight excluding hydrogens is 1880 g/mol. The Labute approximate surface area is 874 Å². The highest BCUT2D eigenvalue weighted by Crippen LogP contribution is 2.49. The summed E-state index contributed by atoms with van der Waals surface area (Å²) in [6, 6.07) is 65.1. The van der Waals surface area contributed by atoms with Gasteiger partial charge >= 0.3 is 0 Å². The van der Waals surface area contributed by atoms with Crippen molar-refractivity contribution in [3.05, 3.63) is 326 Å². The molecule has 1 saturated heterocycles. The first-order valence-electron chi connectivity index (χ1n) is 52.4. The molecule has 8 aliphatic rings. The summed E-state index contributed by atoms with van der Waals surface area (Å²) in [5, 5.41) is 51.9. The van der Waals surface area contributed by atoms with Crippen LogP contribution in [-0.4, -0.2) is 168 Å². The number of ether oxygens (including phenoxy) is 8. The summed E-state index contributed by atoms with van der Waals surface area (Å²) in [6.45, 7) is 21.2. The van der Waals surface area contributed by atoms with E-state index in [0.29, 0.717) is 49.0 Å². The predicted molar refractivity (Wildman–Crippen MR) is 592 cm³/mol. The summed E-state index contributed by atoms with van der Waals surface area (Å²) in [6.07, 6.45) is 19.6. The number of imidazole rings is 6. The topological polar surface area (TPSA) is 314 Å². The largest absolute Gasteiger partial charge is 0.496 e. The monoisotopic (exact) mass is 2020 g/mol. The maximum Gasteiger partial charge on any atom is 0.127 e. The van der Waals surface area contributed by atoms with Crippen molar-refractivity contribution < 1.29 is 53.2 Å². The van der Waals surface area contributed by atoms with Crippen LogP contribution < -0.4 is 69.8 Å². The molecule has 0 amide bonds. The zero-order chi connectivity index (χ0) is 104. The normalized spacial score (nSPS) is 18.7. The molecule has 776 valence electrons. The molecule has 0 unspecified atom stereocenters. The predicted octanol–water partition coefficient (Wildman–Crippen LogP) is 21.3. The molecule has 12 aromatic carbocycles. The number of benzene rings is 12. The lowest BCUT2D eigenvalue weighted by Gasteiger charge is -2.31. The van der Waals surface area contributed by atoms with Crippen molar-refractivity contribution in [1.29, 1.82) is 0 Å². The first-order valence-corrected chi connectivity index (χ1v) is 52.4. The number of fused-ring (bicyclic) bond motifs is 16. The highest BCUT2D eigenvalue weighted by molar-refractivity contribution is 5.87. The van der Waals surface area contributed by atoms with E-state index in [9.17, 15) is 15.3 Å². The second-order valence-corrected chi connectivity index (χ2v) is 41.0. The molecule has 29 heteroatoms. The zero-order valence-electron chi connectivity index (χ0n) is 88.1. The number of aliphatic hydroxyl groups is 3. The van der Waals surface area contributed by atoms with Gasteiger partial charge in [-0.1, -0.05) is 79.2 Å². The smallest absolute Gasteiger partial charge is 0.127 e. The highest BCUT2D eigenvalue weighted by atomic mass is 16.5. The summed E-state index contributed by atoms with van der Waals surface area (Å²) in [5.74, 6) is 8.44. The molecule has 2 fully saturated rings. The third kappa shape index (κ3) is 20.9. The number of nitrogens with zero attached hydrogens (tertiary/aromatic N) is 12. The summed E-state index contributed by atoms with van der Waals surface area (Å²) in [7, 11) is 14.2. The van der Waals surface area contributed by atoms with E-state index < -0.39 is 12.2 Å². The van der Waals surface area contributed by atoms with E-state index in [1.54, 1.807) is 42.7 Å². The minimum Gasteiger partial charge on any atom is -0.496 e. The first-order chi connectivity index (χ1) is 73.0. The van der Waals surface area contributed by atoms with Crippen molar-refractivity contribution in [3.63, 3.8) is 0 Å². The van der Waals surface area contributed by atoms with Gasteiger partial charge in [0.15, 0.2) is 0 Å². The first kappa shape index (κ1) is 101. The fourth-order valence-electron chi connectivity index (χ4n) is 23.5. The Bertz CT molecular complexity index is 7690. The molecule has 12 heterocycles. The van der Waals surface area contributed by atoms with E-state index in [4.69, 9.17) is 37.9 Å². The number of aliphatic hydroxyl groups excluding tert-OH is 3. The molecule has 9 N–H and O–H groups in total. The van der Waals surface area contributed by atoms with Crippen LogP contribution in [-0.2, 0) is 39.3 Å². The molecule has 0 radical (unpaired) electrons. The lowest BCUT2D eigenvalue weighted by molar-refractivity contribution is 0.115. The number of hydrogen-bond acceptors (Lipinski definition) is 23. The summed E-state index contributed by atoms with van der Waals surface area (Å²) in [5.41, 5.74) is 38.4. The van der Waals surface area contributed by atoms with Crippen LogP contribution in [0.15, 0.2) is 220 Å². The van der Waals surface area contributed by atoms with Crippen LogP contribution in [0, 0.1) is 47.5 Å². The average Bonchev–Trinajstić information content (AvgIpc) is 1.70. The van der Waals surface area contributed by atoms with Gasteiger partial charge in [0, 0.05) is 141 Å². The van der Waals surface area contributed by atoms with Crippen molar-refractivity contribution in [2.24, 2.45) is 5.92 Å². The minimum absolute atomic E-state index is 0.336. The third-order valence-electron chi connectivity index (χ3n) is 31.4. The second-order valence-electron chi connectivity index (χ2n) is 41.0. The van der Waals surface area contributed by atoms with Gasteiger partial charge in [-0.3, -0.25) is 0 Å². The molecule has 6 aliphatic heterocycles. The highest BCUT2D eigenvalue weighted by Gasteiger charge is 2.40. The Kier molecular flexibility index (Phi) is 29.6. The lowest BCUT2D eigenvalue weighted by atomic mass is 9.78. The number of aryl methyl sites for hydroxylation is 6. The maximum atomic E-state index is 10.6. The SMILES string of the molecule is CN[C@H]1CCNc2cc3c(cc21)ncn3Cc1ccc(OC)c(C)c1.CN[C@H]1CCOc2cc3c(cc21)ncn3Cc1ccc(OC)c(C)c1.COc1ccc(Cn2cnc3cc4c(cc32)NCC[C@@H]4O)cc1C.COc1ccc(Cn2cnc3cc4c(cc32)N[C@@H]2CCC[C@H]42)cc1C.COc1ccc(Cn2cnc3cc4c(cc32)OCC[C@@H]4O)cc1C.COc1ccc(Cn2cnc3cc4c(cc32)[C@H]2NCC[C@H]2C[C@@H]4O)cc1C. The van der Waals surface area contributed by atoms with Gasteiger partial charge in [-0.05, 0) is 293 Å². The van der Waals surface area contributed by atoms with Crippen molar-refractivity contribution in [1.82, 2.24) is 73.3 Å². The maximum absolute atomic E-state index is 10.6. The Morgan fingerprint density at radius 2 is 0.660 bits per heavy atom. The Hall–Kier alpha value is -15.0. The fourth-order valence-corrected chi connectivity index (χ4v) is 23.5. The second kappa shape index (κ2) is 44.1. The van der Waals surface area contributed by atoms with Crippen molar-refractivity contribution in [3.8, 4) is 46.0 Å². The molecule has 29 nitrogen and oxygen atoms in total. The molecule has 2 aliphatic carbocycles. The van der Waals surface area contributed by atoms with E-state index in [2.05, 4.69) is 251 Å². The molecule has 6 aromatic heterocycles. The van der Waals surface area contributed by atoms with Gasteiger partial charge < -0.3 is 113 Å². The van der Waals surface area contributed by atoms with Crippen molar-refractivity contribution in [2.45, 2.75) is 187 Å². The van der Waals surface area contributed by atoms with E-state index in [-0.39, 0.29) is 6.10 Å². The Morgan fingerprint density at radius 1 is 0.320 bits per heavy atom. The number of aromatic nitrogens is 12. The summed E-state index contributed by atoms with van der Waals surface area (Å²) < 4.78 is 56.7. The molecule has 18 aromatic rings. The van der Waals surface area contributed by atoms with Crippen molar-refractivity contribution in [2.75, 3.05) is 106 Å². The van der Waals surface area contributed by atoms with Crippen LogP contribution in [0.4, 0.5) is 17.1 Å². The number of nitrogens with one attached hydrogen (secondary N) is 6. The molecule has 150 heavy (non-hydrogen) atoms. The van der Waals surface area contributed by atoms with Crippen LogP contribution in [0.2, 0.25) is 0 Å². The van der Waals surface area contributed by atoms with E-state index >= 15 is 0 Å². The molecule has 9 atom stereocenters. The van der Waals surface area contributed by atoms with Crippen LogP contribution in [0.1, 0.15) is 206 Å². The standard InChI is InChI=1S/C22H25N3O2.C21H23N3O.C20H24N4O.C20H23N3O2.C19H21N3O2.C19H20N2O3/c1-13-7-14(3-4-21(13)27-2)11-25-12-24-18-9-16-17(10-19(18)25)22-15(5-6-23-22)8-20(16)26;1-13-8-14(6-7-21(13)25-2)11-24-12-22-19-9-16-15-4-3-5-17(15)23-18(16)10-20(19)24;1-13-8-14(4-5-20(13)25-3)11-24-12-23-18-9-15-16(21-2)6-7-22-17(15)10-19(18)24;1-13-8-14(4-5-19(13)24-3)11-23-12-22-17-9-15-16(21-2)6-7-25-20(15)10-18(17)23;1-12-7-13(3-4-19(12)24-2)10-22-11-21-16-8-14-15(9-17(16)22)20-6-5-18(14)23;1-12-7-13(3-4-18(12)23-2)10-21-11-20-15-8-14-17(22)5-6-24-19(14)9-16(15)21/h3-4,7,9-10,12,15,20,22-23,26H,5-6,8,11H2,1-2H3;6-10,12,15,17,23H,3-5,11H2,1-2H3;4-5,8-10,12,16,21-22H,6-7,11H2,1-3H3;4-5,8-10,12,16,21H,6-7,11H2,1-3H3;3-4,7-9,11,18,20,23H,5-6,10H2,1-2H3;3-4,7-9,11,17,22H,5-6,10H2,1-2H3/t15-,20-,22-;15-,17-;2*16-;18-;17-/m010000/s1. The van der Waals surface area contributed by atoms with Crippen molar-refractivity contribution >= 4 is 83.3 Å². The number of rotatable bonds is 20. The zero-order valence-corrected chi connectivity index (χ0v) is 88.1. The van der Waals surface area contributed by atoms with Gasteiger partial charge in [0.05, 0.1) is 178 Å². The Balaban J connectivity index is 0.000000105. The van der Waals surface area contributed by atoms with E-state index in [1.807, 2.05) is 114 Å². The lowest BCUT2D eigenvalue weighted by Crippen LogP contribution is -2.26. The van der Waals surface area contributed by atoms with Gasteiger partial charge in [0.2, 0.25) is 0 Å². The minimum atomic E-state index is -0.465. The number of hydrogen-bond donors (Lipinski definition) is 9. The molecule has 1 saturated carbocycles. The quantitative estimate of drug-likeness (QED) is 0.0342. The molecular formula is C121H136N18O11. The van der Waals surface area contributed by atoms with E-state index in [1.165, 1.54) is 97.4 Å². The number of anilines is 3. The van der Waals surface area contributed by atoms with Crippen LogP contribution >= 0.6 is 0 Å². The van der Waals surface area contributed by atoms with Gasteiger partial charge in [0.1, 0.15) is 46.0 Å². The van der Waals surface area contributed by atoms with Gasteiger partial charge in [0.25, 0.3) is 0 Å².